The van der Waals surface area contributed by atoms with E-state index in [1.807, 2.05) is 25.1 Å². The first-order valence-electron chi connectivity index (χ1n) is 14.3. The van der Waals surface area contributed by atoms with Crippen LogP contribution in [-0.4, -0.2) is 49.9 Å². The van der Waals surface area contributed by atoms with Gasteiger partial charge >= 0.3 is 6.03 Å². The summed E-state index contributed by atoms with van der Waals surface area (Å²) in [5.74, 6) is 0.387. The molecule has 5 rings (SSSR count). The van der Waals surface area contributed by atoms with Gasteiger partial charge in [-0.15, -0.1) is 0 Å². The van der Waals surface area contributed by atoms with Crippen molar-refractivity contribution >= 4 is 79.7 Å². The lowest BCUT2D eigenvalue weighted by molar-refractivity contribution is -0.122. The highest BCUT2D eigenvalue weighted by atomic mass is 127. The van der Waals surface area contributed by atoms with E-state index in [1.54, 1.807) is 47.5 Å². The predicted octanol–water partition coefficient (Wildman–Crippen LogP) is 6.09. The van der Waals surface area contributed by atoms with Gasteiger partial charge in [-0.05, 0) is 90.9 Å². The summed E-state index contributed by atoms with van der Waals surface area (Å²) in [6, 6.07) is 15.7. The third kappa shape index (κ3) is 7.89. The van der Waals surface area contributed by atoms with Crippen molar-refractivity contribution in [1.82, 2.24) is 15.2 Å². The van der Waals surface area contributed by atoms with E-state index in [4.69, 9.17) is 22.1 Å². The van der Waals surface area contributed by atoms with Gasteiger partial charge < -0.3 is 31.3 Å². The topological polar surface area (TPSA) is 156 Å². The van der Waals surface area contributed by atoms with Crippen LogP contribution in [0.15, 0.2) is 71.8 Å². The van der Waals surface area contributed by atoms with E-state index >= 15 is 0 Å². The quantitative estimate of drug-likeness (QED) is 0.112. The van der Waals surface area contributed by atoms with Gasteiger partial charge in [-0.1, -0.05) is 17.7 Å². The monoisotopic (exact) mass is 762 g/mol. The number of benzene rings is 3. The molecular formula is C31H32ClIN6O5S. The zero-order chi connectivity index (χ0) is 32.1. The molecule has 5 N–H and O–H groups in total. The molecule has 45 heavy (non-hydrogen) atoms. The van der Waals surface area contributed by atoms with Crippen LogP contribution >= 0.6 is 32.8 Å². The summed E-state index contributed by atoms with van der Waals surface area (Å²) in [4.78, 5) is 32.4. The molecule has 11 nitrogen and oxygen atoms in total. The summed E-state index contributed by atoms with van der Waals surface area (Å²) in [7, 11) is -3.67. The Bertz CT molecular complexity index is 1850. The van der Waals surface area contributed by atoms with Crippen molar-refractivity contribution in [2.75, 3.05) is 36.1 Å². The Hall–Kier alpha value is -3.82. The molecule has 1 atom stereocenters. The number of pyridine rings is 1. The van der Waals surface area contributed by atoms with Crippen LogP contribution in [0.25, 0.3) is 10.8 Å². The molecule has 1 unspecified atom stereocenters. The van der Waals surface area contributed by atoms with Gasteiger partial charge in [0.15, 0.2) is 0 Å². The fourth-order valence-electron chi connectivity index (χ4n) is 5.16. The first kappa shape index (κ1) is 32.6. The van der Waals surface area contributed by atoms with Crippen molar-refractivity contribution in [3.63, 3.8) is 0 Å². The third-order valence-electron chi connectivity index (χ3n) is 7.38. The first-order chi connectivity index (χ1) is 21.5. The van der Waals surface area contributed by atoms with Crippen LogP contribution in [0.2, 0.25) is 5.02 Å². The predicted molar refractivity (Wildman–Crippen MR) is 184 cm³/mol. The fourth-order valence-corrected chi connectivity index (χ4v) is 7.30. The number of nitrogens with two attached hydrogens (primary N) is 1. The highest BCUT2D eigenvalue weighted by Gasteiger charge is 2.24. The summed E-state index contributed by atoms with van der Waals surface area (Å²) < 4.78 is 30.9. The molecule has 236 valence electrons. The number of aromatic nitrogens is 1. The standard InChI is InChI=1S/C31H32ClIN6O5S/c1-2-44-26-17-20(5-9-25(26)32)28(37-22-6-8-24-19(15-22)11-12-35-29(24)34)30(40)36-18-21-16-23(7-10-27(21)45(33,42)43)38-31(41)39-13-3-4-14-39/h5-12,15-17,28,37H,2-4,13-14,18H2,1H3,(H2,34,35)(H,36,40)(H,38,41). The van der Waals surface area contributed by atoms with Gasteiger partial charge in [0.25, 0.3) is 0 Å². The number of amides is 3. The number of nitrogens with one attached hydrogen (secondary N) is 3. The second-order valence-corrected chi connectivity index (χ2v) is 15.6. The Morgan fingerprint density at radius 3 is 2.56 bits per heavy atom. The minimum absolute atomic E-state index is 0.0398. The van der Waals surface area contributed by atoms with E-state index in [0.29, 0.717) is 58.8 Å². The number of carbonyl (C=O) groups is 2. The van der Waals surface area contributed by atoms with Crippen LogP contribution < -0.4 is 26.4 Å². The Balaban J connectivity index is 1.44. The number of nitrogen functional groups attached to an aromatic ring is 1. The van der Waals surface area contributed by atoms with E-state index in [1.165, 1.54) is 27.3 Å². The van der Waals surface area contributed by atoms with Gasteiger partial charge in [-0.25, -0.2) is 18.2 Å². The van der Waals surface area contributed by atoms with Gasteiger partial charge in [-0.2, -0.15) is 0 Å². The Labute approximate surface area is 278 Å². The largest absolute Gasteiger partial charge is 0.492 e. The molecule has 0 spiro atoms. The number of urea groups is 1. The number of hydrogen-bond donors (Lipinski definition) is 4. The van der Waals surface area contributed by atoms with Crippen molar-refractivity contribution in [3.8, 4) is 5.75 Å². The number of likely N-dealkylation sites (tertiary alicyclic amines) is 1. The maximum Gasteiger partial charge on any atom is 0.321 e. The molecule has 1 saturated heterocycles. The van der Waals surface area contributed by atoms with Gasteiger partial charge in [0.1, 0.15) is 17.6 Å². The zero-order valence-electron chi connectivity index (χ0n) is 24.3. The smallest absolute Gasteiger partial charge is 0.321 e. The molecule has 4 aromatic rings. The Morgan fingerprint density at radius 1 is 1.07 bits per heavy atom. The number of anilines is 3. The van der Waals surface area contributed by atoms with Gasteiger partial charge in [0.2, 0.25) is 12.9 Å². The van der Waals surface area contributed by atoms with Gasteiger partial charge in [0, 0.05) is 42.6 Å². The Kier molecular flexibility index (Phi) is 10.2. The van der Waals surface area contributed by atoms with E-state index in [-0.39, 0.29) is 17.5 Å². The number of rotatable bonds is 10. The van der Waals surface area contributed by atoms with E-state index in [9.17, 15) is 18.0 Å². The van der Waals surface area contributed by atoms with Crippen molar-refractivity contribution in [3.05, 3.63) is 83.0 Å². The number of halogens is 2. The number of nitrogens with zero attached hydrogens (tertiary/aromatic N) is 2. The summed E-state index contributed by atoms with van der Waals surface area (Å²) >= 11 is 7.71. The summed E-state index contributed by atoms with van der Waals surface area (Å²) in [6.07, 6.45) is 3.49. The number of ether oxygens (including phenoxy) is 1. The number of fused-ring (bicyclic) bond motifs is 1. The molecule has 2 heterocycles. The second-order valence-electron chi connectivity index (χ2n) is 10.4. The number of hydrogen-bond acceptors (Lipinski definition) is 8. The van der Waals surface area contributed by atoms with Crippen molar-refractivity contribution in [2.45, 2.75) is 37.2 Å². The highest BCUT2D eigenvalue weighted by Crippen LogP contribution is 2.32. The molecule has 0 bridgehead atoms. The second kappa shape index (κ2) is 14.1. The number of carbonyl (C=O) groups excluding carboxylic acids is 2. The molecule has 3 amide bonds. The van der Waals surface area contributed by atoms with Crippen molar-refractivity contribution in [1.29, 1.82) is 0 Å². The third-order valence-corrected chi connectivity index (χ3v) is 10.0. The van der Waals surface area contributed by atoms with Crippen LogP contribution in [-0.2, 0) is 18.3 Å². The van der Waals surface area contributed by atoms with Crippen LogP contribution in [0, 0.1) is 0 Å². The average Bonchev–Trinajstić information content (AvgIpc) is 3.55. The van der Waals surface area contributed by atoms with Crippen molar-refractivity contribution < 1.29 is 22.7 Å². The molecule has 0 radical (unpaired) electrons. The molecular weight excluding hydrogens is 731 g/mol. The maximum atomic E-state index is 13.9. The normalized spacial score (nSPS) is 13.8. The molecule has 1 aliphatic heterocycles. The van der Waals surface area contributed by atoms with Crippen LogP contribution in [0.1, 0.15) is 36.9 Å². The molecule has 1 aromatic heterocycles. The molecule has 14 heteroatoms. The fraction of sp³-hybridized carbons (Fsp3) is 0.258. The van der Waals surface area contributed by atoms with Crippen LogP contribution in [0.3, 0.4) is 0 Å². The van der Waals surface area contributed by atoms with Gasteiger partial charge in [0.05, 0.1) is 37.7 Å². The summed E-state index contributed by atoms with van der Waals surface area (Å²) in [5, 5.41) is 11.0. The summed E-state index contributed by atoms with van der Waals surface area (Å²) in [6.45, 7) is 3.43. The molecule has 1 aliphatic rings. The lowest BCUT2D eigenvalue weighted by Gasteiger charge is -2.22. The van der Waals surface area contributed by atoms with Gasteiger partial charge in [-0.3, -0.25) is 4.79 Å². The lowest BCUT2D eigenvalue weighted by Crippen LogP contribution is -2.34. The minimum atomic E-state index is -3.67. The molecule has 3 aromatic carbocycles. The Morgan fingerprint density at radius 2 is 1.82 bits per heavy atom. The highest BCUT2D eigenvalue weighted by molar-refractivity contribution is 14.2. The lowest BCUT2D eigenvalue weighted by atomic mass is 10.0. The van der Waals surface area contributed by atoms with E-state index in [0.717, 1.165) is 23.6 Å². The van der Waals surface area contributed by atoms with Crippen LogP contribution in [0.5, 0.6) is 5.75 Å². The van der Waals surface area contributed by atoms with E-state index < -0.39 is 19.0 Å². The van der Waals surface area contributed by atoms with E-state index in [2.05, 4.69) is 20.9 Å². The molecule has 1 fully saturated rings. The SMILES string of the molecule is CCOc1cc(C(Nc2ccc3c(N)nccc3c2)C(=O)NCc2cc(NC(=O)N3CCCC3)ccc2S(=O)(=O)I)ccc1Cl. The molecule has 0 saturated carbocycles. The summed E-state index contributed by atoms with van der Waals surface area (Å²) in [5.41, 5.74) is 7.99. The zero-order valence-corrected chi connectivity index (χ0v) is 28.1. The first-order valence-corrected chi connectivity index (χ1v) is 18.7. The van der Waals surface area contributed by atoms with Crippen LogP contribution in [0.4, 0.5) is 22.0 Å². The maximum absolute atomic E-state index is 13.9. The minimum Gasteiger partial charge on any atom is -0.492 e. The van der Waals surface area contributed by atoms with Crippen molar-refractivity contribution in [2.24, 2.45) is 0 Å². The average molecular weight is 763 g/mol. The molecule has 0 aliphatic carbocycles.